The Morgan fingerprint density at radius 2 is 1.82 bits per heavy atom. The molecule has 1 aliphatic rings. The lowest BCUT2D eigenvalue weighted by atomic mass is 10.1. The van der Waals surface area contributed by atoms with Crippen molar-refractivity contribution in [2.24, 2.45) is 5.92 Å². The van der Waals surface area contributed by atoms with Crippen LogP contribution in [0.2, 0.25) is 0 Å². The van der Waals surface area contributed by atoms with Crippen molar-refractivity contribution in [3.05, 3.63) is 68.9 Å². The number of H-pyrrole nitrogens is 1. The van der Waals surface area contributed by atoms with Gasteiger partial charge in [-0.25, -0.2) is 14.2 Å². The number of aromatic nitrogens is 6. The van der Waals surface area contributed by atoms with Gasteiger partial charge < -0.3 is 4.98 Å². The highest BCUT2D eigenvalue weighted by atomic mass is 19.1. The summed E-state index contributed by atoms with van der Waals surface area (Å²) in [6.07, 6.45) is 6.13. The lowest BCUT2D eigenvalue weighted by molar-refractivity contribution is 0.553. The number of nitrogens with zero attached hydrogens (tertiary/aromatic N) is 5. The van der Waals surface area contributed by atoms with Gasteiger partial charge in [0.1, 0.15) is 17.2 Å². The van der Waals surface area contributed by atoms with Crippen LogP contribution in [0.5, 0.6) is 0 Å². The molecule has 1 fully saturated rings. The standard InChI is InChI=1S/C24H27FN6O2/c1-3-9-30-22-20(23(32)31(10-4-2)24(30)33)27-21(28-22)17-12-26-29(14-17)13-16-11-19(16)15-5-7-18(25)8-6-15/h5-8,12,14,16,19H,3-4,9-11,13H2,1-2H3,(H,27,28). The van der Waals surface area contributed by atoms with Crippen molar-refractivity contribution in [1.82, 2.24) is 28.9 Å². The number of halogens is 1. The molecule has 5 rings (SSSR count). The van der Waals surface area contributed by atoms with Gasteiger partial charge in [-0.2, -0.15) is 5.10 Å². The predicted octanol–water partition coefficient (Wildman–Crippen LogP) is 3.51. The molecule has 4 aromatic rings. The maximum absolute atomic E-state index is 13.2. The molecule has 0 bridgehead atoms. The van der Waals surface area contributed by atoms with E-state index in [1.165, 1.54) is 16.7 Å². The van der Waals surface area contributed by atoms with Crippen LogP contribution in [0, 0.1) is 11.7 Å². The second-order valence-corrected chi connectivity index (χ2v) is 8.78. The van der Waals surface area contributed by atoms with Crippen LogP contribution in [0.15, 0.2) is 46.2 Å². The first-order chi connectivity index (χ1) is 16.0. The molecule has 0 spiro atoms. The summed E-state index contributed by atoms with van der Waals surface area (Å²) in [4.78, 5) is 33.5. The molecule has 2 atom stereocenters. The van der Waals surface area contributed by atoms with E-state index in [4.69, 9.17) is 0 Å². The van der Waals surface area contributed by atoms with Gasteiger partial charge in [-0.05, 0) is 48.8 Å². The molecule has 8 nitrogen and oxygen atoms in total. The van der Waals surface area contributed by atoms with E-state index in [0.29, 0.717) is 48.3 Å². The first kappa shape index (κ1) is 21.4. The smallest absolute Gasteiger partial charge is 0.332 e. The summed E-state index contributed by atoms with van der Waals surface area (Å²) in [5.41, 5.74) is 2.00. The Morgan fingerprint density at radius 1 is 1.09 bits per heavy atom. The van der Waals surface area contributed by atoms with Crippen molar-refractivity contribution < 1.29 is 4.39 Å². The number of rotatable bonds is 8. The topological polar surface area (TPSA) is 90.5 Å². The fourth-order valence-electron chi connectivity index (χ4n) is 4.54. The lowest BCUT2D eigenvalue weighted by Gasteiger charge is -2.09. The van der Waals surface area contributed by atoms with E-state index < -0.39 is 0 Å². The average molecular weight is 451 g/mol. The van der Waals surface area contributed by atoms with Gasteiger partial charge in [0.05, 0.1) is 11.8 Å². The van der Waals surface area contributed by atoms with Gasteiger partial charge in [0.2, 0.25) is 0 Å². The molecule has 1 N–H and O–H groups in total. The zero-order chi connectivity index (χ0) is 23.1. The first-order valence-corrected chi connectivity index (χ1v) is 11.5. The molecule has 0 saturated heterocycles. The molecule has 2 unspecified atom stereocenters. The number of nitrogens with one attached hydrogen (secondary N) is 1. The van der Waals surface area contributed by atoms with Crippen molar-refractivity contribution in [2.45, 2.75) is 58.7 Å². The highest BCUT2D eigenvalue weighted by Gasteiger charge is 2.38. The Balaban J connectivity index is 1.42. The van der Waals surface area contributed by atoms with Crippen LogP contribution >= 0.6 is 0 Å². The summed E-state index contributed by atoms with van der Waals surface area (Å²) in [6, 6.07) is 6.71. The van der Waals surface area contributed by atoms with Crippen LogP contribution in [-0.4, -0.2) is 28.9 Å². The van der Waals surface area contributed by atoms with Gasteiger partial charge in [-0.3, -0.25) is 18.6 Å². The van der Waals surface area contributed by atoms with Crippen molar-refractivity contribution >= 4 is 11.2 Å². The van der Waals surface area contributed by atoms with Gasteiger partial charge in [-0.15, -0.1) is 0 Å². The highest BCUT2D eigenvalue weighted by molar-refractivity contribution is 5.75. The number of imidazole rings is 1. The van der Waals surface area contributed by atoms with Gasteiger partial charge in [0.15, 0.2) is 5.65 Å². The molecule has 3 aromatic heterocycles. The largest absolute Gasteiger partial charge is 0.332 e. The number of hydrogen-bond donors (Lipinski definition) is 1. The molecule has 0 aliphatic heterocycles. The third-order valence-corrected chi connectivity index (χ3v) is 6.30. The maximum Gasteiger partial charge on any atom is 0.332 e. The van der Waals surface area contributed by atoms with Crippen LogP contribution < -0.4 is 11.2 Å². The van der Waals surface area contributed by atoms with E-state index in [9.17, 15) is 14.0 Å². The van der Waals surface area contributed by atoms with Crippen molar-refractivity contribution in [1.29, 1.82) is 0 Å². The Bertz CT molecular complexity index is 1410. The third-order valence-electron chi connectivity index (χ3n) is 6.30. The number of aryl methyl sites for hydroxylation is 1. The van der Waals surface area contributed by atoms with Crippen molar-refractivity contribution in [3.63, 3.8) is 0 Å². The molecular formula is C24H27FN6O2. The van der Waals surface area contributed by atoms with Gasteiger partial charge in [0, 0.05) is 25.8 Å². The van der Waals surface area contributed by atoms with E-state index in [1.54, 1.807) is 10.8 Å². The SMILES string of the molecule is CCCn1c(=O)c2[nH]c(-c3cnn(CC4CC4c4ccc(F)cc4)c3)nc2n(CCC)c1=O. The van der Waals surface area contributed by atoms with Gasteiger partial charge >= 0.3 is 5.69 Å². The number of aromatic amines is 1. The molecule has 1 saturated carbocycles. The van der Waals surface area contributed by atoms with Crippen LogP contribution in [0.1, 0.15) is 44.6 Å². The lowest BCUT2D eigenvalue weighted by Crippen LogP contribution is -2.40. The monoisotopic (exact) mass is 450 g/mol. The molecule has 33 heavy (non-hydrogen) atoms. The second-order valence-electron chi connectivity index (χ2n) is 8.78. The minimum absolute atomic E-state index is 0.218. The molecule has 172 valence electrons. The van der Waals surface area contributed by atoms with Crippen molar-refractivity contribution in [2.75, 3.05) is 0 Å². The Kier molecular flexibility index (Phi) is 5.47. The zero-order valence-corrected chi connectivity index (χ0v) is 18.8. The Morgan fingerprint density at radius 3 is 2.55 bits per heavy atom. The highest BCUT2D eigenvalue weighted by Crippen LogP contribution is 2.48. The predicted molar refractivity (Wildman–Crippen MR) is 124 cm³/mol. The fraction of sp³-hybridized carbons (Fsp3) is 0.417. The summed E-state index contributed by atoms with van der Waals surface area (Å²) < 4.78 is 17.9. The molecule has 1 aliphatic carbocycles. The summed E-state index contributed by atoms with van der Waals surface area (Å²) in [6.45, 7) is 5.55. The molecule has 3 heterocycles. The first-order valence-electron chi connectivity index (χ1n) is 11.5. The summed E-state index contributed by atoms with van der Waals surface area (Å²) in [7, 11) is 0. The van der Waals surface area contributed by atoms with E-state index in [1.807, 2.05) is 36.9 Å². The van der Waals surface area contributed by atoms with Gasteiger partial charge in [0.25, 0.3) is 5.56 Å². The fourth-order valence-corrected chi connectivity index (χ4v) is 4.54. The summed E-state index contributed by atoms with van der Waals surface area (Å²) >= 11 is 0. The number of hydrogen-bond acceptors (Lipinski definition) is 4. The Labute approximate surface area is 189 Å². The average Bonchev–Trinajstić information content (AvgIpc) is 3.19. The minimum atomic E-state index is -0.338. The molecule has 1 aromatic carbocycles. The van der Waals surface area contributed by atoms with Crippen LogP contribution in [0.25, 0.3) is 22.6 Å². The second kappa shape index (κ2) is 8.46. The maximum atomic E-state index is 13.2. The summed E-state index contributed by atoms with van der Waals surface area (Å²) in [5.74, 6) is 1.18. The summed E-state index contributed by atoms with van der Waals surface area (Å²) in [5, 5.41) is 4.48. The third kappa shape index (κ3) is 3.92. The van der Waals surface area contributed by atoms with Crippen LogP contribution in [0.3, 0.4) is 0 Å². The van der Waals surface area contributed by atoms with Crippen LogP contribution in [0.4, 0.5) is 4.39 Å². The van der Waals surface area contributed by atoms with Gasteiger partial charge in [-0.1, -0.05) is 26.0 Å². The normalized spacial score (nSPS) is 17.7. The number of fused-ring (bicyclic) bond motifs is 1. The number of benzene rings is 1. The van der Waals surface area contributed by atoms with Crippen LogP contribution in [-0.2, 0) is 19.6 Å². The van der Waals surface area contributed by atoms with E-state index in [2.05, 4.69) is 15.1 Å². The van der Waals surface area contributed by atoms with Crippen molar-refractivity contribution in [3.8, 4) is 11.4 Å². The molecule has 0 radical (unpaired) electrons. The quantitative estimate of drug-likeness (QED) is 0.445. The zero-order valence-electron chi connectivity index (χ0n) is 18.8. The van der Waals surface area contributed by atoms with E-state index in [-0.39, 0.29) is 17.1 Å². The van der Waals surface area contributed by atoms with E-state index in [0.717, 1.165) is 30.5 Å². The molecule has 0 amide bonds. The molecular weight excluding hydrogens is 423 g/mol. The Hall–Kier alpha value is -3.49. The molecule has 9 heteroatoms. The van der Waals surface area contributed by atoms with E-state index >= 15 is 0 Å². The minimum Gasteiger partial charge on any atom is -0.332 e.